The number of aliphatic imine (C=N–C) groups is 2. The first-order chi connectivity index (χ1) is 18.3. The van der Waals surface area contributed by atoms with Crippen LogP contribution in [0.2, 0.25) is 0 Å². The summed E-state index contributed by atoms with van der Waals surface area (Å²) >= 11 is 0. The van der Waals surface area contributed by atoms with Gasteiger partial charge in [0.1, 0.15) is 19.0 Å². The SMILES string of the molecule is CC1(C)COC(c2ccc(-c3ccc(OCC4CCCCCCCCC4)cc3)cc2C2=NC(C)(C)CO2)=N1. The number of benzene rings is 2. The highest BCUT2D eigenvalue weighted by molar-refractivity contribution is 6.09. The second-order valence-corrected chi connectivity index (χ2v) is 12.6. The van der Waals surface area contributed by atoms with Gasteiger partial charge in [0.25, 0.3) is 0 Å². The van der Waals surface area contributed by atoms with Gasteiger partial charge in [-0.1, -0.05) is 63.1 Å². The highest BCUT2D eigenvalue weighted by Gasteiger charge is 2.32. The Hall–Kier alpha value is -2.82. The summed E-state index contributed by atoms with van der Waals surface area (Å²) in [5.74, 6) is 2.94. The van der Waals surface area contributed by atoms with Crippen molar-refractivity contribution >= 4 is 11.8 Å². The van der Waals surface area contributed by atoms with E-state index in [1.165, 1.54) is 57.8 Å². The fourth-order valence-corrected chi connectivity index (χ4v) is 5.55. The van der Waals surface area contributed by atoms with E-state index in [1.54, 1.807) is 0 Å². The van der Waals surface area contributed by atoms with Gasteiger partial charge in [-0.15, -0.1) is 0 Å². The van der Waals surface area contributed by atoms with Crippen LogP contribution >= 0.6 is 0 Å². The zero-order chi connectivity index (χ0) is 26.6. The van der Waals surface area contributed by atoms with Gasteiger partial charge in [0.2, 0.25) is 11.8 Å². The number of hydrogen-bond donors (Lipinski definition) is 0. The lowest BCUT2D eigenvalue weighted by Crippen LogP contribution is -2.17. The molecule has 2 aliphatic heterocycles. The summed E-state index contributed by atoms with van der Waals surface area (Å²) in [7, 11) is 0. The Morgan fingerprint density at radius 1 is 0.684 bits per heavy atom. The Bertz CT molecular complexity index is 1150. The van der Waals surface area contributed by atoms with Crippen LogP contribution in [-0.4, -0.2) is 42.7 Å². The second kappa shape index (κ2) is 11.5. The zero-order valence-electron chi connectivity index (χ0n) is 23.7. The third kappa shape index (κ3) is 6.78. The van der Waals surface area contributed by atoms with Crippen LogP contribution in [0.25, 0.3) is 11.1 Å². The molecule has 1 aliphatic carbocycles. The molecule has 0 N–H and O–H groups in total. The predicted molar refractivity (Wildman–Crippen MR) is 156 cm³/mol. The van der Waals surface area contributed by atoms with E-state index in [4.69, 9.17) is 24.2 Å². The monoisotopic (exact) mass is 516 g/mol. The first kappa shape index (κ1) is 26.8. The molecule has 38 heavy (non-hydrogen) atoms. The summed E-state index contributed by atoms with van der Waals surface area (Å²) in [5, 5.41) is 0. The van der Waals surface area contributed by atoms with Crippen molar-refractivity contribution in [3.8, 4) is 16.9 Å². The largest absolute Gasteiger partial charge is 0.493 e. The van der Waals surface area contributed by atoms with Crippen molar-refractivity contribution < 1.29 is 14.2 Å². The van der Waals surface area contributed by atoms with Crippen molar-refractivity contribution in [2.75, 3.05) is 19.8 Å². The molecular weight excluding hydrogens is 472 g/mol. The zero-order valence-corrected chi connectivity index (χ0v) is 23.7. The van der Waals surface area contributed by atoms with Crippen LogP contribution in [-0.2, 0) is 9.47 Å². The standard InChI is InChI=1S/C33H44N2O3/c1-32(2)22-37-30(34-32)28-19-16-26(20-29(28)31-35-33(3,4)23-38-31)25-14-17-27(18-15-25)36-21-24-12-10-8-6-5-7-9-11-13-24/h14-20,24H,5-13,21-23H2,1-4H3. The van der Waals surface area contributed by atoms with Gasteiger partial charge in [0, 0.05) is 11.1 Å². The van der Waals surface area contributed by atoms with E-state index in [0.717, 1.165) is 34.6 Å². The van der Waals surface area contributed by atoms with Crippen molar-refractivity contribution in [2.24, 2.45) is 15.9 Å². The van der Waals surface area contributed by atoms with Crippen molar-refractivity contribution in [3.63, 3.8) is 0 Å². The predicted octanol–water partition coefficient (Wildman–Crippen LogP) is 7.98. The lowest BCUT2D eigenvalue weighted by atomic mass is 9.93. The number of hydrogen-bond acceptors (Lipinski definition) is 5. The van der Waals surface area contributed by atoms with Gasteiger partial charge in [-0.2, -0.15) is 0 Å². The van der Waals surface area contributed by atoms with Crippen LogP contribution in [0.3, 0.4) is 0 Å². The molecule has 0 aromatic heterocycles. The Kier molecular flexibility index (Phi) is 8.11. The fourth-order valence-electron chi connectivity index (χ4n) is 5.55. The topological polar surface area (TPSA) is 52.4 Å². The Morgan fingerprint density at radius 3 is 1.76 bits per heavy atom. The van der Waals surface area contributed by atoms with E-state index < -0.39 is 0 Å². The average Bonchev–Trinajstić information content (AvgIpc) is 3.46. The van der Waals surface area contributed by atoms with Gasteiger partial charge in [-0.3, -0.25) is 0 Å². The Morgan fingerprint density at radius 2 is 1.21 bits per heavy atom. The van der Waals surface area contributed by atoms with Crippen molar-refractivity contribution in [1.82, 2.24) is 0 Å². The minimum atomic E-state index is -0.242. The number of ether oxygens (including phenoxy) is 3. The van der Waals surface area contributed by atoms with Crippen LogP contribution in [0, 0.1) is 5.92 Å². The first-order valence-electron chi connectivity index (χ1n) is 14.6. The fraction of sp³-hybridized carbons (Fsp3) is 0.576. The van der Waals surface area contributed by atoms with E-state index in [2.05, 4.69) is 70.2 Å². The maximum Gasteiger partial charge on any atom is 0.217 e. The normalized spacial score (nSPS) is 21.7. The lowest BCUT2D eigenvalue weighted by Gasteiger charge is -2.19. The highest BCUT2D eigenvalue weighted by Crippen LogP contribution is 2.31. The van der Waals surface area contributed by atoms with Gasteiger partial charge >= 0.3 is 0 Å². The van der Waals surface area contributed by atoms with Crippen LogP contribution < -0.4 is 4.74 Å². The van der Waals surface area contributed by atoms with E-state index in [-0.39, 0.29) is 11.1 Å². The molecule has 0 radical (unpaired) electrons. The molecule has 0 unspecified atom stereocenters. The maximum absolute atomic E-state index is 6.27. The maximum atomic E-state index is 6.27. The van der Waals surface area contributed by atoms with Crippen LogP contribution in [0.5, 0.6) is 5.75 Å². The molecule has 5 heteroatoms. The van der Waals surface area contributed by atoms with E-state index in [0.29, 0.717) is 30.9 Å². The number of nitrogens with zero attached hydrogens (tertiary/aromatic N) is 2. The van der Waals surface area contributed by atoms with Crippen LogP contribution in [0.4, 0.5) is 0 Å². The molecule has 0 saturated heterocycles. The molecule has 2 heterocycles. The minimum absolute atomic E-state index is 0.229. The van der Waals surface area contributed by atoms with Gasteiger partial charge in [-0.25, -0.2) is 9.98 Å². The molecule has 204 valence electrons. The average molecular weight is 517 g/mol. The number of rotatable bonds is 6. The summed E-state index contributed by atoms with van der Waals surface area (Å²) < 4.78 is 18.3. The van der Waals surface area contributed by atoms with Gasteiger partial charge < -0.3 is 14.2 Å². The van der Waals surface area contributed by atoms with E-state index in [9.17, 15) is 0 Å². The summed E-state index contributed by atoms with van der Waals surface area (Å²) in [6.07, 6.45) is 12.2. The van der Waals surface area contributed by atoms with Crippen molar-refractivity contribution in [1.29, 1.82) is 0 Å². The molecule has 1 fully saturated rings. The van der Waals surface area contributed by atoms with Crippen LogP contribution in [0.1, 0.15) is 96.6 Å². The van der Waals surface area contributed by atoms with Crippen molar-refractivity contribution in [3.05, 3.63) is 53.6 Å². The van der Waals surface area contributed by atoms with E-state index in [1.807, 2.05) is 0 Å². The summed E-state index contributed by atoms with van der Waals surface area (Å²) in [5.41, 5.74) is 3.64. The summed E-state index contributed by atoms with van der Waals surface area (Å²) in [4.78, 5) is 9.68. The van der Waals surface area contributed by atoms with Gasteiger partial charge in [-0.05, 0) is 81.8 Å². The molecule has 2 aromatic carbocycles. The molecule has 2 aromatic rings. The van der Waals surface area contributed by atoms with Crippen molar-refractivity contribution in [2.45, 2.75) is 96.6 Å². The molecule has 0 atom stereocenters. The molecule has 1 saturated carbocycles. The Labute approximate surface area is 228 Å². The smallest absolute Gasteiger partial charge is 0.217 e. The first-order valence-corrected chi connectivity index (χ1v) is 14.6. The van der Waals surface area contributed by atoms with Gasteiger partial charge in [0.15, 0.2) is 0 Å². The molecule has 0 spiro atoms. The molecule has 3 aliphatic rings. The summed E-state index contributed by atoms with van der Waals surface area (Å²) in [6, 6.07) is 14.9. The second-order valence-electron chi connectivity index (χ2n) is 12.6. The molecule has 0 amide bonds. The Balaban J connectivity index is 1.32. The molecular formula is C33H44N2O3. The highest BCUT2D eigenvalue weighted by atomic mass is 16.5. The molecule has 0 bridgehead atoms. The third-order valence-corrected chi connectivity index (χ3v) is 7.81. The van der Waals surface area contributed by atoms with Gasteiger partial charge in [0.05, 0.1) is 17.7 Å². The summed E-state index contributed by atoms with van der Waals surface area (Å²) in [6.45, 7) is 10.3. The quantitative estimate of drug-likeness (QED) is 0.391. The van der Waals surface area contributed by atoms with Crippen LogP contribution in [0.15, 0.2) is 52.4 Å². The third-order valence-electron chi connectivity index (χ3n) is 7.81. The lowest BCUT2D eigenvalue weighted by molar-refractivity contribution is 0.222. The molecule has 5 rings (SSSR count). The molecule has 5 nitrogen and oxygen atoms in total. The van der Waals surface area contributed by atoms with E-state index >= 15 is 0 Å². The minimum Gasteiger partial charge on any atom is -0.493 e.